The van der Waals surface area contributed by atoms with E-state index in [-0.39, 0.29) is 0 Å². The molecule has 2 heteroatoms. The third-order valence-corrected chi connectivity index (χ3v) is 4.12. The van der Waals surface area contributed by atoms with Crippen molar-refractivity contribution < 1.29 is 0 Å². The van der Waals surface area contributed by atoms with Gasteiger partial charge in [-0.1, -0.05) is 30.3 Å². The molecule has 1 unspecified atom stereocenters. The first-order chi connectivity index (χ1) is 9.65. The van der Waals surface area contributed by atoms with Gasteiger partial charge in [0.1, 0.15) is 0 Å². The van der Waals surface area contributed by atoms with E-state index in [0.29, 0.717) is 6.04 Å². The molecule has 20 heavy (non-hydrogen) atoms. The van der Waals surface area contributed by atoms with Crippen molar-refractivity contribution in [3.05, 3.63) is 53.6 Å². The van der Waals surface area contributed by atoms with Gasteiger partial charge in [0.2, 0.25) is 0 Å². The molecule has 1 aliphatic rings. The maximum Gasteiger partial charge on any atom is 0.0361 e. The summed E-state index contributed by atoms with van der Waals surface area (Å²) < 4.78 is 0. The predicted octanol–water partition coefficient (Wildman–Crippen LogP) is 3.45. The fourth-order valence-electron chi connectivity index (χ4n) is 2.91. The van der Waals surface area contributed by atoms with Gasteiger partial charge in [0.05, 0.1) is 0 Å². The monoisotopic (exact) mass is 266 g/mol. The Bertz CT molecular complexity index is 599. The minimum atomic E-state index is 0.560. The van der Waals surface area contributed by atoms with Crippen LogP contribution in [0.2, 0.25) is 0 Å². The lowest BCUT2D eigenvalue weighted by atomic mass is 9.89. The van der Waals surface area contributed by atoms with Crippen LogP contribution < -0.4 is 10.2 Å². The molecular formula is C18H22N2. The van der Waals surface area contributed by atoms with E-state index in [0.717, 1.165) is 13.0 Å². The topological polar surface area (TPSA) is 15.3 Å². The average Bonchev–Trinajstić information content (AvgIpc) is 2.46. The SMILES string of the molecule is CC1Cc2c(cccc2-c2ccc(N(C)C)cc2)CN1. The van der Waals surface area contributed by atoms with E-state index in [2.05, 4.69) is 73.7 Å². The number of nitrogens with one attached hydrogen (secondary N) is 1. The summed E-state index contributed by atoms with van der Waals surface area (Å²) in [4.78, 5) is 2.14. The summed E-state index contributed by atoms with van der Waals surface area (Å²) in [5, 5.41) is 3.53. The van der Waals surface area contributed by atoms with E-state index < -0.39 is 0 Å². The fourth-order valence-corrected chi connectivity index (χ4v) is 2.91. The zero-order valence-electron chi connectivity index (χ0n) is 12.5. The summed E-state index contributed by atoms with van der Waals surface area (Å²) in [7, 11) is 4.15. The highest BCUT2D eigenvalue weighted by molar-refractivity contribution is 5.71. The molecule has 0 amide bonds. The first-order valence-corrected chi connectivity index (χ1v) is 7.27. The molecular weight excluding hydrogens is 244 g/mol. The second-order valence-corrected chi connectivity index (χ2v) is 5.87. The van der Waals surface area contributed by atoms with Gasteiger partial charge in [0.15, 0.2) is 0 Å². The first kappa shape index (κ1) is 13.2. The molecule has 0 aliphatic carbocycles. The third-order valence-electron chi connectivity index (χ3n) is 4.12. The Kier molecular flexibility index (Phi) is 3.49. The largest absolute Gasteiger partial charge is 0.378 e. The standard InChI is InChI=1S/C18H22N2/c1-13-11-18-15(12-19-13)5-4-6-17(18)14-7-9-16(10-8-14)20(2)3/h4-10,13,19H,11-12H2,1-3H3. The van der Waals surface area contributed by atoms with Crippen molar-refractivity contribution in [2.24, 2.45) is 0 Å². The summed E-state index contributed by atoms with van der Waals surface area (Å²) in [5.74, 6) is 0. The fraction of sp³-hybridized carbons (Fsp3) is 0.333. The second kappa shape index (κ2) is 5.29. The van der Waals surface area contributed by atoms with E-state index in [1.54, 1.807) is 0 Å². The molecule has 104 valence electrons. The Labute approximate surface area is 121 Å². The van der Waals surface area contributed by atoms with Crippen LogP contribution in [0.1, 0.15) is 18.1 Å². The van der Waals surface area contributed by atoms with Crippen molar-refractivity contribution in [3.63, 3.8) is 0 Å². The van der Waals surface area contributed by atoms with Crippen molar-refractivity contribution >= 4 is 5.69 Å². The number of hydrogen-bond acceptors (Lipinski definition) is 2. The molecule has 0 saturated carbocycles. The van der Waals surface area contributed by atoms with E-state index in [1.165, 1.54) is 27.9 Å². The quantitative estimate of drug-likeness (QED) is 0.895. The van der Waals surface area contributed by atoms with Gasteiger partial charge in [-0.3, -0.25) is 0 Å². The molecule has 2 aromatic carbocycles. The maximum atomic E-state index is 3.53. The molecule has 1 N–H and O–H groups in total. The average molecular weight is 266 g/mol. The normalized spacial score (nSPS) is 17.6. The molecule has 0 bridgehead atoms. The summed E-state index contributed by atoms with van der Waals surface area (Å²) in [5.41, 5.74) is 6.91. The molecule has 0 spiro atoms. The smallest absolute Gasteiger partial charge is 0.0361 e. The highest BCUT2D eigenvalue weighted by Gasteiger charge is 2.17. The number of rotatable bonds is 2. The van der Waals surface area contributed by atoms with Gasteiger partial charge in [0.25, 0.3) is 0 Å². The van der Waals surface area contributed by atoms with Crippen LogP contribution in [0.25, 0.3) is 11.1 Å². The second-order valence-electron chi connectivity index (χ2n) is 5.87. The van der Waals surface area contributed by atoms with Crippen molar-refractivity contribution in [1.29, 1.82) is 0 Å². The molecule has 2 aromatic rings. The molecule has 1 aliphatic heterocycles. The maximum absolute atomic E-state index is 3.53. The van der Waals surface area contributed by atoms with Crippen molar-refractivity contribution in [1.82, 2.24) is 5.32 Å². The summed E-state index contributed by atoms with van der Waals surface area (Å²) in [6, 6.07) is 16.1. The first-order valence-electron chi connectivity index (χ1n) is 7.27. The number of fused-ring (bicyclic) bond motifs is 1. The minimum Gasteiger partial charge on any atom is -0.378 e. The Hall–Kier alpha value is -1.80. The molecule has 3 rings (SSSR count). The number of benzene rings is 2. The summed E-state index contributed by atoms with van der Waals surface area (Å²) in [6.07, 6.45) is 1.11. The molecule has 0 radical (unpaired) electrons. The van der Waals surface area contributed by atoms with Crippen LogP contribution in [0.5, 0.6) is 0 Å². The van der Waals surface area contributed by atoms with Crippen LogP contribution in [0.15, 0.2) is 42.5 Å². The molecule has 1 atom stereocenters. The number of hydrogen-bond donors (Lipinski definition) is 1. The van der Waals surface area contributed by atoms with Crippen LogP contribution in [0.4, 0.5) is 5.69 Å². The molecule has 1 heterocycles. The van der Waals surface area contributed by atoms with Gasteiger partial charge < -0.3 is 10.2 Å². The Morgan fingerprint density at radius 2 is 1.80 bits per heavy atom. The van der Waals surface area contributed by atoms with Crippen LogP contribution in [0.3, 0.4) is 0 Å². The van der Waals surface area contributed by atoms with Crippen molar-refractivity contribution in [3.8, 4) is 11.1 Å². The Morgan fingerprint density at radius 1 is 1.05 bits per heavy atom. The van der Waals surface area contributed by atoms with E-state index in [4.69, 9.17) is 0 Å². The lowest BCUT2D eigenvalue weighted by molar-refractivity contribution is 0.514. The molecule has 2 nitrogen and oxygen atoms in total. The minimum absolute atomic E-state index is 0.560. The van der Waals surface area contributed by atoms with Gasteiger partial charge in [-0.25, -0.2) is 0 Å². The van der Waals surface area contributed by atoms with Gasteiger partial charge >= 0.3 is 0 Å². The van der Waals surface area contributed by atoms with E-state index in [1.807, 2.05) is 0 Å². The summed E-state index contributed by atoms with van der Waals surface area (Å²) in [6.45, 7) is 3.25. The van der Waals surface area contributed by atoms with E-state index >= 15 is 0 Å². The summed E-state index contributed by atoms with van der Waals surface area (Å²) >= 11 is 0. The molecule has 0 fully saturated rings. The number of anilines is 1. The van der Waals surface area contributed by atoms with Crippen molar-refractivity contribution in [2.75, 3.05) is 19.0 Å². The third kappa shape index (κ3) is 2.44. The Balaban J connectivity index is 2.02. The predicted molar refractivity (Wildman–Crippen MR) is 86.2 cm³/mol. The van der Waals surface area contributed by atoms with Crippen molar-refractivity contribution in [2.45, 2.75) is 25.9 Å². The highest BCUT2D eigenvalue weighted by atomic mass is 15.1. The van der Waals surface area contributed by atoms with Crippen LogP contribution in [-0.2, 0) is 13.0 Å². The highest BCUT2D eigenvalue weighted by Crippen LogP contribution is 2.30. The van der Waals surface area contributed by atoms with Gasteiger partial charge in [0, 0.05) is 32.4 Å². The van der Waals surface area contributed by atoms with Gasteiger partial charge in [-0.15, -0.1) is 0 Å². The Morgan fingerprint density at radius 3 is 2.50 bits per heavy atom. The van der Waals surface area contributed by atoms with Gasteiger partial charge in [-0.05, 0) is 47.7 Å². The lowest BCUT2D eigenvalue weighted by Crippen LogP contribution is -2.33. The van der Waals surface area contributed by atoms with Crippen LogP contribution in [-0.4, -0.2) is 20.1 Å². The lowest BCUT2D eigenvalue weighted by Gasteiger charge is -2.25. The van der Waals surface area contributed by atoms with E-state index in [9.17, 15) is 0 Å². The zero-order chi connectivity index (χ0) is 14.1. The molecule has 0 aromatic heterocycles. The zero-order valence-corrected chi connectivity index (χ0v) is 12.5. The van der Waals surface area contributed by atoms with Crippen LogP contribution in [0, 0.1) is 0 Å². The van der Waals surface area contributed by atoms with Gasteiger partial charge in [-0.2, -0.15) is 0 Å². The van der Waals surface area contributed by atoms with Crippen LogP contribution >= 0.6 is 0 Å². The molecule has 0 saturated heterocycles. The number of nitrogens with zero attached hydrogens (tertiary/aromatic N) is 1.